The van der Waals surface area contributed by atoms with Crippen LogP contribution in [-0.4, -0.2) is 18.5 Å². The monoisotopic (exact) mass is 344 g/mol. The first-order valence-corrected chi connectivity index (χ1v) is 8.20. The van der Waals surface area contributed by atoms with E-state index in [1.807, 2.05) is 45.0 Å². The van der Waals surface area contributed by atoms with Gasteiger partial charge in [-0.25, -0.2) is 4.79 Å². The third-order valence-corrected chi connectivity index (χ3v) is 3.50. The van der Waals surface area contributed by atoms with Gasteiger partial charge in [0.2, 0.25) is 5.91 Å². The van der Waals surface area contributed by atoms with Crippen molar-refractivity contribution < 1.29 is 18.7 Å². The number of benzene rings is 1. The molecule has 0 spiro atoms. The van der Waals surface area contributed by atoms with Gasteiger partial charge >= 0.3 is 5.97 Å². The van der Waals surface area contributed by atoms with Crippen molar-refractivity contribution in [2.45, 2.75) is 34.2 Å². The van der Waals surface area contributed by atoms with Crippen LogP contribution in [0.3, 0.4) is 0 Å². The van der Waals surface area contributed by atoms with Gasteiger partial charge in [-0.3, -0.25) is 4.79 Å². The molecule has 0 bridgehead atoms. The van der Waals surface area contributed by atoms with Gasteiger partial charge in [-0.05, 0) is 31.2 Å². The molecule has 1 heterocycles. The first kappa shape index (κ1) is 18.6. The van der Waals surface area contributed by atoms with Crippen molar-refractivity contribution in [2.75, 3.05) is 17.2 Å². The summed E-state index contributed by atoms with van der Waals surface area (Å²) in [6, 6.07) is 8.96. The van der Waals surface area contributed by atoms with Crippen LogP contribution >= 0.6 is 0 Å². The third-order valence-electron chi connectivity index (χ3n) is 3.50. The van der Waals surface area contributed by atoms with Gasteiger partial charge < -0.3 is 19.8 Å². The SMILES string of the molecule is CCOC(=O)c1ccoc1CNc1cccc(NC(=O)C(C)(C)C)c1. The molecule has 0 aliphatic carbocycles. The maximum absolute atomic E-state index is 12.1. The molecule has 0 saturated carbocycles. The normalized spacial score (nSPS) is 11.0. The van der Waals surface area contributed by atoms with Crippen LogP contribution in [0.1, 0.15) is 43.8 Å². The predicted molar refractivity (Wildman–Crippen MR) is 96.5 cm³/mol. The summed E-state index contributed by atoms with van der Waals surface area (Å²) in [6.45, 7) is 7.98. The number of carbonyl (C=O) groups is 2. The average molecular weight is 344 g/mol. The van der Waals surface area contributed by atoms with Crippen LogP contribution in [0, 0.1) is 5.41 Å². The quantitative estimate of drug-likeness (QED) is 0.773. The van der Waals surface area contributed by atoms with Crippen molar-refractivity contribution >= 4 is 23.3 Å². The third kappa shape index (κ3) is 5.11. The second-order valence-corrected chi connectivity index (χ2v) is 6.62. The van der Waals surface area contributed by atoms with E-state index < -0.39 is 11.4 Å². The molecule has 134 valence electrons. The van der Waals surface area contributed by atoms with Crippen LogP contribution in [0.15, 0.2) is 41.0 Å². The number of amides is 1. The lowest BCUT2D eigenvalue weighted by atomic mass is 9.95. The van der Waals surface area contributed by atoms with E-state index in [0.717, 1.165) is 5.69 Å². The van der Waals surface area contributed by atoms with Crippen molar-refractivity contribution in [1.82, 2.24) is 0 Å². The minimum absolute atomic E-state index is 0.0553. The Morgan fingerprint density at radius 1 is 1.16 bits per heavy atom. The van der Waals surface area contributed by atoms with Gasteiger partial charge in [0.1, 0.15) is 11.3 Å². The topological polar surface area (TPSA) is 80.6 Å². The first-order valence-electron chi connectivity index (χ1n) is 8.20. The summed E-state index contributed by atoms with van der Waals surface area (Å²) in [5.41, 5.74) is 1.45. The summed E-state index contributed by atoms with van der Waals surface area (Å²) < 4.78 is 10.4. The molecule has 0 fully saturated rings. The summed E-state index contributed by atoms with van der Waals surface area (Å²) in [4.78, 5) is 23.9. The molecule has 0 aliphatic heterocycles. The molecule has 0 unspecified atom stereocenters. The van der Waals surface area contributed by atoms with Crippen molar-refractivity contribution in [3.05, 3.63) is 47.9 Å². The maximum atomic E-state index is 12.1. The van der Waals surface area contributed by atoms with E-state index in [4.69, 9.17) is 9.15 Å². The molecule has 1 aromatic carbocycles. The number of hydrogen-bond donors (Lipinski definition) is 2. The van der Waals surface area contributed by atoms with Crippen molar-refractivity contribution in [1.29, 1.82) is 0 Å². The molecule has 6 nitrogen and oxygen atoms in total. The highest BCUT2D eigenvalue weighted by molar-refractivity contribution is 5.95. The Hall–Kier alpha value is -2.76. The number of carbonyl (C=O) groups excluding carboxylic acids is 2. The van der Waals surface area contributed by atoms with Gasteiger partial charge in [0.15, 0.2) is 0 Å². The zero-order valence-corrected chi connectivity index (χ0v) is 15.0. The lowest BCUT2D eigenvalue weighted by molar-refractivity contribution is -0.123. The highest BCUT2D eigenvalue weighted by Crippen LogP contribution is 2.21. The Morgan fingerprint density at radius 2 is 1.88 bits per heavy atom. The number of furan rings is 1. The van der Waals surface area contributed by atoms with E-state index in [1.54, 1.807) is 13.0 Å². The molecule has 0 atom stereocenters. The van der Waals surface area contributed by atoms with Crippen LogP contribution < -0.4 is 10.6 Å². The fraction of sp³-hybridized carbons (Fsp3) is 0.368. The first-order chi connectivity index (χ1) is 11.8. The van der Waals surface area contributed by atoms with Gasteiger partial charge in [0.25, 0.3) is 0 Å². The second-order valence-electron chi connectivity index (χ2n) is 6.62. The molecule has 1 aromatic heterocycles. The van der Waals surface area contributed by atoms with Gasteiger partial charge in [-0.1, -0.05) is 26.8 Å². The smallest absolute Gasteiger partial charge is 0.341 e. The fourth-order valence-electron chi connectivity index (χ4n) is 2.08. The Balaban J connectivity index is 2.03. The molecule has 0 saturated heterocycles. The van der Waals surface area contributed by atoms with Gasteiger partial charge in [0, 0.05) is 16.8 Å². The molecule has 0 radical (unpaired) electrons. The van der Waals surface area contributed by atoms with Gasteiger partial charge in [-0.2, -0.15) is 0 Å². The number of ether oxygens (including phenoxy) is 1. The predicted octanol–water partition coefficient (Wildman–Crippen LogP) is 4.05. The summed E-state index contributed by atoms with van der Waals surface area (Å²) in [6.07, 6.45) is 1.46. The van der Waals surface area contributed by atoms with E-state index in [9.17, 15) is 9.59 Å². The zero-order valence-electron chi connectivity index (χ0n) is 15.0. The number of esters is 1. The average Bonchev–Trinajstić information content (AvgIpc) is 3.01. The number of hydrogen-bond acceptors (Lipinski definition) is 5. The Labute approximate surface area is 147 Å². The molecule has 25 heavy (non-hydrogen) atoms. The van der Waals surface area contributed by atoms with Gasteiger partial charge in [0.05, 0.1) is 19.4 Å². The molecular weight excluding hydrogens is 320 g/mol. The highest BCUT2D eigenvalue weighted by Gasteiger charge is 2.21. The molecule has 0 aliphatic rings. The molecule has 6 heteroatoms. The number of anilines is 2. The zero-order chi connectivity index (χ0) is 18.4. The van der Waals surface area contributed by atoms with Gasteiger partial charge in [-0.15, -0.1) is 0 Å². The molecular formula is C19H24N2O4. The maximum Gasteiger partial charge on any atom is 0.341 e. The van der Waals surface area contributed by atoms with E-state index in [1.165, 1.54) is 6.26 Å². The standard InChI is InChI=1S/C19H24N2O4/c1-5-24-17(22)15-9-10-25-16(15)12-20-13-7-6-8-14(11-13)21-18(23)19(2,3)4/h6-11,20H,5,12H2,1-4H3,(H,21,23). The number of nitrogens with one attached hydrogen (secondary N) is 2. The van der Waals surface area contributed by atoms with Crippen LogP contribution in [0.5, 0.6) is 0 Å². The minimum atomic E-state index is -0.466. The van der Waals surface area contributed by atoms with E-state index >= 15 is 0 Å². The van der Waals surface area contributed by atoms with E-state index in [2.05, 4.69) is 10.6 Å². The largest absolute Gasteiger partial charge is 0.467 e. The van der Waals surface area contributed by atoms with Crippen molar-refractivity contribution in [2.24, 2.45) is 5.41 Å². The summed E-state index contributed by atoms with van der Waals surface area (Å²) in [7, 11) is 0. The summed E-state index contributed by atoms with van der Waals surface area (Å²) in [5, 5.41) is 6.07. The molecule has 1 amide bonds. The molecule has 2 aromatic rings. The lowest BCUT2D eigenvalue weighted by Crippen LogP contribution is -2.27. The Kier molecular flexibility index (Phi) is 5.85. The Morgan fingerprint density at radius 3 is 2.56 bits per heavy atom. The van der Waals surface area contributed by atoms with Crippen LogP contribution in [0.2, 0.25) is 0 Å². The fourth-order valence-corrected chi connectivity index (χ4v) is 2.08. The highest BCUT2D eigenvalue weighted by atomic mass is 16.5. The van der Waals surface area contributed by atoms with Crippen molar-refractivity contribution in [3.63, 3.8) is 0 Å². The van der Waals surface area contributed by atoms with Crippen LogP contribution in [0.25, 0.3) is 0 Å². The minimum Gasteiger partial charge on any atom is -0.467 e. The Bertz CT molecular complexity index is 744. The van der Waals surface area contributed by atoms with Crippen LogP contribution in [0.4, 0.5) is 11.4 Å². The summed E-state index contributed by atoms with van der Waals surface area (Å²) >= 11 is 0. The lowest BCUT2D eigenvalue weighted by Gasteiger charge is -2.18. The second kappa shape index (κ2) is 7.88. The number of rotatable bonds is 6. The van der Waals surface area contributed by atoms with E-state index in [0.29, 0.717) is 30.2 Å². The summed E-state index contributed by atoms with van der Waals surface area (Å²) in [5.74, 6) is 0.0436. The molecule has 2 rings (SSSR count). The van der Waals surface area contributed by atoms with E-state index in [-0.39, 0.29) is 5.91 Å². The molecule has 2 N–H and O–H groups in total. The van der Waals surface area contributed by atoms with Crippen LogP contribution in [-0.2, 0) is 16.1 Å². The van der Waals surface area contributed by atoms with Crippen molar-refractivity contribution in [3.8, 4) is 0 Å².